The van der Waals surface area contributed by atoms with Gasteiger partial charge in [0.2, 0.25) is 0 Å². The molecule has 118 valence electrons. The first-order valence-corrected chi connectivity index (χ1v) is 7.61. The fraction of sp³-hybridized carbons (Fsp3) is 0.263. The molecular weight excluding hydrogens is 288 g/mol. The van der Waals surface area contributed by atoms with Crippen molar-refractivity contribution in [2.45, 2.75) is 13.3 Å². The number of hydrogen-bond donors (Lipinski definition) is 0. The Balaban J connectivity index is 1.93. The van der Waals surface area contributed by atoms with Crippen molar-refractivity contribution in [3.63, 3.8) is 0 Å². The van der Waals surface area contributed by atoms with Crippen molar-refractivity contribution >= 4 is 11.7 Å². The zero-order valence-corrected chi connectivity index (χ0v) is 13.2. The van der Waals surface area contributed by atoms with Crippen LogP contribution in [-0.4, -0.2) is 25.7 Å². The third-order valence-corrected chi connectivity index (χ3v) is 3.46. The van der Waals surface area contributed by atoms with Gasteiger partial charge in [-0.2, -0.15) is 5.26 Å². The SMILES string of the molecule is Cc1cccc(N(CCC#N)CCOC(=O)c2ccccc2)c1. The molecule has 0 radical (unpaired) electrons. The zero-order valence-electron chi connectivity index (χ0n) is 13.2. The van der Waals surface area contributed by atoms with Crippen LogP contribution in [0.2, 0.25) is 0 Å². The fourth-order valence-electron chi connectivity index (χ4n) is 2.29. The molecule has 2 aromatic carbocycles. The number of aryl methyl sites for hydroxylation is 1. The molecule has 23 heavy (non-hydrogen) atoms. The van der Waals surface area contributed by atoms with E-state index in [1.54, 1.807) is 12.1 Å². The third-order valence-electron chi connectivity index (χ3n) is 3.46. The lowest BCUT2D eigenvalue weighted by Crippen LogP contribution is -2.29. The monoisotopic (exact) mass is 308 g/mol. The second-order valence-electron chi connectivity index (χ2n) is 5.24. The number of carbonyl (C=O) groups excluding carboxylic acids is 1. The van der Waals surface area contributed by atoms with Crippen LogP contribution < -0.4 is 4.90 Å². The molecule has 4 heteroatoms. The third kappa shape index (κ3) is 5.15. The van der Waals surface area contributed by atoms with Crippen molar-refractivity contribution in [2.75, 3.05) is 24.6 Å². The van der Waals surface area contributed by atoms with E-state index in [-0.39, 0.29) is 12.6 Å². The van der Waals surface area contributed by atoms with Gasteiger partial charge < -0.3 is 9.64 Å². The molecule has 0 amide bonds. The van der Waals surface area contributed by atoms with Crippen LogP contribution in [-0.2, 0) is 4.74 Å². The van der Waals surface area contributed by atoms with Gasteiger partial charge in [0, 0.05) is 12.2 Å². The molecule has 0 aliphatic heterocycles. The van der Waals surface area contributed by atoms with Crippen molar-refractivity contribution in [1.29, 1.82) is 5.26 Å². The van der Waals surface area contributed by atoms with Gasteiger partial charge in [-0.25, -0.2) is 4.79 Å². The number of nitrogens with zero attached hydrogens (tertiary/aromatic N) is 2. The van der Waals surface area contributed by atoms with E-state index in [0.29, 0.717) is 25.1 Å². The number of esters is 1. The summed E-state index contributed by atoms with van der Waals surface area (Å²) in [6, 6.07) is 19.2. The van der Waals surface area contributed by atoms with E-state index in [0.717, 1.165) is 11.3 Å². The van der Waals surface area contributed by atoms with Crippen molar-refractivity contribution in [2.24, 2.45) is 0 Å². The van der Waals surface area contributed by atoms with E-state index in [2.05, 4.69) is 17.0 Å². The molecule has 0 saturated carbocycles. The number of benzene rings is 2. The lowest BCUT2D eigenvalue weighted by molar-refractivity contribution is 0.0515. The Morgan fingerprint density at radius 1 is 1.13 bits per heavy atom. The number of rotatable bonds is 7. The van der Waals surface area contributed by atoms with Gasteiger partial charge in [-0.1, -0.05) is 30.3 Å². The highest BCUT2D eigenvalue weighted by Crippen LogP contribution is 2.16. The summed E-state index contributed by atoms with van der Waals surface area (Å²) in [6.45, 7) is 3.49. The van der Waals surface area contributed by atoms with E-state index in [9.17, 15) is 4.79 Å². The van der Waals surface area contributed by atoms with Gasteiger partial charge in [0.15, 0.2) is 0 Å². The molecule has 0 saturated heterocycles. The van der Waals surface area contributed by atoms with Gasteiger partial charge in [0.25, 0.3) is 0 Å². The molecule has 0 fully saturated rings. The van der Waals surface area contributed by atoms with Crippen LogP contribution in [0.25, 0.3) is 0 Å². The van der Waals surface area contributed by atoms with E-state index in [4.69, 9.17) is 10.00 Å². The molecule has 0 atom stereocenters. The molecule has 0 heterocycles. The Bertz CT molecular complexity index is 677. The van der Waals surface area contributed by atoms with E-state index in [1.165, 1.54) is 0 Å². The second-order valence-corrected chi connectivity index (χ2v) is 5.24. The summed E-state index contributed by atoms with van der Waals surface area (Å²) in [5.74, 6) is -0.324. The Kier molecular flexibility index (Phi) is 6.19. The van der Waals surface area contributed by atoms with Gasteiger partial charge in [-0.3, -0.25) is 0 Å². The van der Waals surface area contributed by atoms with Crippen LogP contribution >= 0.6 is 0 Å². The molecule has 0 spiro atoms. The molecule has 0 aliphatic rings. The summed E-state index contributed by atoms with van der Waals surface area (Å²) >= 11 is 0. The maximum atomic E-state index is 11.9. The van der Waals surface area contributed by atoms with Crippen molar-refractivity contribution < 1.29 is 9.53 Å². The molecular formula is C19H20N2O2. The predicted molar refractivity (Wildman–Crippen MR) is 90.3 cm³/mol. The molecule has 0 unspecified atom stereocenters. The van der Waals surface area contributed by atoms with Crippen LogP contribution in [0.4, 0.5) is 5.69 Å². The maximum Gasteiger partial charge on any atom is 0.338 e. The average Bonchev–Trinajstić information content (AvgIpc) is 2.58. The Hall–Kier alpha value is -2.80. The zero-order chi connectivity index (χ0) is 16.5. The highest BCUT2D eigenvalue weighted by atomic mass is 16.5. The number of carbonyl (C=O) groups is 1. The summed E-state index contributed by atoms with van der Waals surface area (Å²) in [4.78, 5) is 14.0. The van der Waals surface area contributed by atoms with Crippen LogP contribution in [0.3, 0.4) is 0 Å². The molecule has 0 aromatic heterocycles. The van der Waals surface area contributed by atoms with Crippen molar-refractivity contribution in [3.05, 3.63) is 65.7 Å². The van der Waals surface area contributed by atoms with Crippen molar-refractivity contribution in [3.8, 4) is 6.07 Å². The minimum Gasteiger partial charge on any atom is -0.460 e. The molecule has 0 bridgehead atoms. The first kappa shape index (κ1) is 16.6. The summed E-state index contributed by atoms with van der Waals surface area (Å²) in [7, 11) is 0. The molecule has 0 aliphatic carbocycles. The Morgan fingerprint density at radius 2 is 1.91 bits per heavy atom. The smallest absolute Gasteiger partial charge is 0.338 e. The van der Waals surface area contributed by atoms with Gasteiger partial charge in [0.1, 0.15) is 6.61 Å². The first-order chi connectivity index (χ1) is 11.2. The first-order valence-electron chi connectivity index (χ1n) is 7.61. The Morgan fingerprint density at radius 3 is 2.61 bits per heavy atom. The molecule has 0 N–H and O–H groups in total. The van der Waals surface area contributed by atoms with Crippen LogP contribution in [0.5, 0.6) is 0 Å². The molecule has 4 nitrogen and oxygen atoms in total. The quantitative estimate of drug-likeness (QED) is 0.734. The number of nitriles is 1. The molecule has 2 rings (SSSR count). The fourth-order valence-corrected chi connectivity index (χ4v) is 2.29. The van der Waals surface area contributed by atoms with Crippen LogP contribution in [0, 0.1) is 18.3 Å². The highest BCUT2D eigenvalue weighted by Gasteiger charge is 2.10. The standard InChI is InChI=1S/C19H20N2O2/c1-16-7-5-10-18(15-16)21(12-6-11-20)13-14-23-19(22)17-8-3-2-4-9-17/h2-5,7-10,15H,6,12-14H2,1H3. The molecule has 2 aromatic rings. The minimum atomic E-state index is -0.324. The normalized spacial score (nSPS) is 9.91. The topological polar surface area (TPSA) is 53.3 Å². The largest absolute Gasteiger partial charge is 0.460 e. The van der Waals surface area contributed by atoms with Gasteiger partial charge in [-0.05, 0) is 36.8 Å². The Labute approximate surface area is 136 Å². The van der Waals surface area contributed by atoms with Gasteiger partial charge in [-0.15, -0.1) is 0 Å². The number of ether oxygens (including phenoxy) is 1. The number of anilines is 1. The van der Waals surface area contributed by atoms with E-state index in [1.807, 2.05) is 43.3 Å². The van der Waals surface area contributed by atoms with E-state index >= 15 is 0 Å². The average molecular weight is 308 g/mol. The minimum absolute atomic E-state index is 0.285. The van der Waals surface area contributed by atoms with Gasteiger partial charge in [0.05, 0.1) is 24.6 Å². The predicted octanol–water partition coefficient (Wildman–Crippen LogP) is 3.57. The lowest BCUT2D eigenvalue weighted by atomic mass is 10.2. The summed E-state index contributed by atoms with van der Waals surface area (Å²) in [5, 5.41) is 8.82. The second kappa shape index (κ2) is 8.60. The van der Waals surface area contributed by atoms with Crippen molar-refractivity contribution in [1.82, 2.24) is 0 Å². The summed E-state index contributed by atoms with van der Waals surface area (Å²) in [5.41, 5.74) is 2.74. The van der Waals surface area contributed by atoms with Gasteiger partial charge >= 0.3 is 5.97 Å². The maximum absolute atomic E-state index is 11.9. The highest BCUT2D eigenvalue weighted by molar-refractivity contribution is 5.89. The lowest BCUT2D eigenvalue weighted by Gasteiger charge is -2.24. The summed E-state index contributed by atoms with van der Waals surface area (Å²) in [6.07, 6.45) is 0.431. The number of hydrogen-bond acceptors (Lipinski definition) is 4. The van der Waals surface area contributed by atoms with Crippen LogP contribution in [0.1, 0.15) is 22.3 Å². The summed E-state index contributed by atoms with van der Waals surface area (Å²) < 4.78 is 5.33. The van der Waals surface area contributed by atoms with E-state index < -0.39 is 0 Å². The van der Waals surface area contributed by atoms with Crippen LogP contribution in [0.15, 0.2) is 54.6 Å².